The first-order valence-corrected chi connectivity index (χ1v) is 7.40. The van der Waals surface area contributed by atoms with Crippen molar-refractivity contribution in [3.63, 3.8) is 0 Å². The molecular weight excluding hydrogens is 292 g/mol. The van der Waals surface area contributed by atoms with Crippen molar-refractivity contribution in [1.82, 2.24) is 5.43 Å². The second-order valence-electron chi connectivity index (χ2n) is 5.52. The molecule has 0 aliphatic rings. The van der Waals surface area contributed by atoms with E-state index in [4.69, 9.17) is 4.74 Å². The Hall–Kier alpha value is -2.82. The minimum absolute atomic E-state index is 0.186. The number of rotatable bonds is 6. The summed E-state index contributed by atoms with van der Waals surface area (Å²) in [4.78, 5) is 12.0. The zero-order valence-corrected chi connectivity index (χ0v) is 13.2. The van der Waals surface area contributed by atoms with Crippen LogP contribution >= 0.6 is 0 Å². The highest BCUT2D eigenvalue weighted by atomic mass is 16.5. The molecule has 0 spiro atoms. The molecule has 0 unspecified atom stereocenters. The van der Waals surface area contributed by atoms with E-state index in [-0.39, 0.29) is 11.7 Å². The minimum atomic E-state index is -0.296. The topological polar surface area (TPSA) is 70.9 Å². The molecule has 0 radical (unpaired) electrons. The zero-order valence-electron chi connectivity index (χ0n) is 13.2. The van der Waals surface area contributed by atoms with Crippen molar-refractivity contribution in [3.8, 4) is 11.5 Å². The van der Waals surface area contributed by atoms with Crippen LogP contribution in [0.15, 0.2) is 53.6 Å². The lowest BCUT2D eigenvalue weighted by atomic mass is 10.2. The number of carbonyl (C=O) groups excluding carboxylic acids is 1. The van der Waals surface area contributed by atoms with Gasteiger partial charge in [-0.1, -0.05) is 13.8 Å². The van der Waals surface area contributed by atoms with Crippen LogP contribution in [0.4, 0.5) is 0 Å². The van der Waals surface area contributed by atoms with Crippen molar-refractivity contribution in [1.29, 1.82) is 0 Å². The lowest BCUT2D eigenvalue weighted by Crippen LogP contribution is -2.17. The van der Waals surface area contributed by atoms with E-state index in [0.29, 0.717) is 18.1 Å². The fourth-order valence-corrected chi connectivity index (χ4v) is 1.76. The molecule has 0 aromatic heterocycles. The molecule has 0 saturated carbocycles. The number of ether oxygens (including phenoxy) is 1. The molecule has 0 heterocycles. The summed E-state index contributed by atoms with van der Waals surface area (Å²) in [7, 11) is 0. The van der Waals surface area contributed by atoms with Crippen LogP contribution in [-0.2, 0) is 0 Å². The molecule has 0 fully saturated rings. The molecular formula is C18H20N2O3. The third kappa shape index (κ3) is 5.47. The predicted molar refractivity (Wildman–Crippen MR) is 89.9 cm³/mol. The Morgan fingerprint density at radius 3 is 2.43 bits per heavy atom. The van der Waals surface area contributed by atoms with Gasteiger partial charge >= 0.3 is 0 Å². The van der Waals surface area contributed by atoms with E-state index < -0.39 is 0 Å². The third-order valence-corrected chi connectivity index (χ3v) is 2.97. The van der Waals surface area contributed by atoms with Crippen LogP contribution in [0.25, 0.3) is 0 Å². The largest absolute Gasteiger partial charge is 0.508 e. The first-order valence-electron chi connectivity index (χ1n) is 7.40. The lowest BCUT2D eigenvalue weighted by molar-refractivity contribution is 0.0955. The van der Waals surface area contributed by atoms with E-state index >= 15 is 0 Å². The highest BCUT2D eigenvalue weighted by Gasteiger charge is 2.04. The first kappa shape index (κ1) is 16.5. The highest BCUT2D eigenvalue weighted by Crippen LogP contribution is 2.13. The molecule has 120 valence electrons. The second kappa shape index (κ2) is 7.98. The van der Waals surface area contributed by atoms with Crippen molar-refractivity contribution >= 4 is 12.1 Å². The number of carbonyl (C=O) groups is 1. The Labute approximate surface area is 135 Å². The molecule has 0 atom stereocenters. The number of amides is 1. The Morgan fingerprint density at radius 1 is 1.17 bits per heavy atom. The number of nitrogens with zero attached hydrogens (tertiary/aromatic N) is 1. The van der Waals surface area contributed by atoms with Crippen LogP contribution in [-0.4, -0.2) is 23.8 Å². The van der Waals surface area contributed by atoms with Gasteiger partial charge in [0.15, 0.2) is 0 Å². The number of aromatic hydroxyl groups is 1. The number of nitrogens with one attached hydrogen (secondary N) is 1. The van der Waals surface area contributed by atoms with Crippen LogP contribution in [0.5, 0.6) is 11.5 Å². The first-order chi connectivity index (χ1) is 11.0. The molecule has 0 saturated heterocycles. The Kier molecular flexibility index (Phi) is 5.74. The summed E-state index contributed by atoms with van der Waals surface area (Å²) >= 11 is 0. The molecule has 2 N–H and O–H groups in total. The van der Waals surface area contributed by atoms with Crippen molar-refractivity contribution in [2.75, 3.05) is 6.61 Å². The summed E-state index contributed by atoms with van der Waals surface area (Å²) in [5.41, 5.74) is 3.74. The molecule has 5 nitrogen and oxygen atoms in total. The zero-order chi connectivity index (χ0) is 16.7. The van der Waals surface area contributed by atoms with Crippen LogP contribution in [0.2, 0.25) is 0 Å². The molecule has 5 heteroatoms. The number of benzene rings is 2. The molecule has 0 bridgehead atoms. The van der Waals surface area contributed by atoms with Gasteiger partial charge in [-0.05, 0) is 60.0 Å². The van der Waals surface area contributed by atoms with Crippen LogP contribution < -0.4 is 10.2 Å². The second-order valence-corrected chi connectivity index (χ2v) is 5.52. The number of hydrogen-bond donors (Lipinski definition) is 2. The van der Waals surface area contributed by atoms with Gasteiger partial charge in [0.2, 0.25) is 0 Å². The molecule has 2 rings (SSSR count). The van der Waals surface area contributed by atoms with Crippen molar-refractivity contribution < 1.29 is 14.6 Å². The van der Waals surface area contributed by atoms with E-state index in [0.717, 1.165) is 11.3 Å². The summed E-state index contributed by atoms with van der Waals surface area (Å²) in [5.74, 6) is 1.08. The summed E-state index contributed by atoms with van der Waals surface area (Å²) in [6, 6.07) is 13.4. The van der Waals surface area contributed by atoms with Gasteiger partial charge in [0.25, 0.3) is 5.91 Å². The maximum absolute atomic E-state index is 12.0. The number of phenols is 1. The molecule has 0 aliphatic heterocycles. The van der Waals surface area contributed by atoms with Crippen molar-refractivity contribution in [2.45, 2.75) is 13.8 Å². The Balaban J connectivity index is 1.89. The minimum Gasteiger partial charge on any atom is -0.508 e. The van der Waals surface area contributed by atoms with E-state index in [1.54, 1.807) is 48.5 Å². The van der Waals surface area contributed by atoms with Gasteiger partial charge in [0, 0.05) is 5.56 Å². The third-order valence-electron chi connectivity index (χ3n) is 2.97. The predicted octanol–water partition coefficient (Wildman–Crippen LogP) is 3.19. The van der Waals surface area contributed by atoms with Crippen LogP contribution in [0.3, 0.4) is 0 Å². The van der Waals surface area contributed by atoms with Crippen LogP contribution in [0.1, 0.15) is 29.8 Å². The molecule has 2 aromatic rings. The smallest absolute Gasteiger partial charge is 0.271 e. The summed E-state index contributed by atoms with van der Waals surface area (Å²) in [6.45, 7) is 4.80. The van der Waals surface area contributed by atoms with Gasteiger partial charge in [-0.15, -0.1) is 0 Å². The number of hydrazone groups is 1. The quantitative estimate of drug-likeness (QED) is 0.635. The maximum Gasteiger partial charge on any atom is 0.271 e. The van der Waals surface area contributed by atoms with Gasteiger partial charge < -0.3 is 9.84 Å². The number of hydrogen-bond acceptors (Lipinski definition) is 4. The molecule has 2 aromatic carbocycles. The van der Waals surface area contributed by atoms with Crippen LogP contribution in [0, 0.1) is 5.92 Å². The fraction of sp³-hybridized carbons (Fsp3) is 0.222. The lowest BCUT2D eigenvalue weighted by Gasteiger charge is -2.08. The molecule has 0 aliphatic carbocycles. The van der Waals surface area contributed by atoms with Crippen molar-refractivity contribution in [2.24, 2.45) is 11.0 Å². The van der Waals surface area contributed by atoms with Gasteiger partial charge in [0.05, 0.1) is 12.8 Å². The fourth-order valence-electron chi connectivity index (χ4n) is 1.76. The molecule has 23 heavy (non-hydrogen) atoms. The van der Waals surface area contributed by atoms with Gasteiger partial charge in [-0.2, -0.15) is 5.10 Å². The van der Waals surface area contributed by atoms with Crippen molar-refractivity contribution in [3.05, 3.63) is 59.7 Å². The maximum atomic E-state index is 12.0. The normalized spacial score (nSPS) is 10.9. The Morgan fingerprint density at radius 2 is 1.83 bits per heavy atom. The van der Waals surface area contributed by atoms with Gasteiger partial charge in [0.1, 0.15) is 11.5 Å². The standard InChI is InChI=1S/C18H20N2O3/c1-13(2)12-23-17-9-5-15(6-10-17)18(22)20-19-11-14-3-7-16(21)8-4-14/h3-11,13,21H,12H2,1-2H3,(H,20,22)/b19-11+. The highest BCUT2D eigenvalue weighted by molar-refractivity contribution is 5.95. The van der Waals surface area contributed by atoms with E-state index in [1.165, 1.54) is 6.21 Å². The summed E-state index contributed by atoms with van der Waals surface area (Å²) in [6.07, 6.45) is 1.51. The number of phenolic OH excluding ortho intramolecular Hbond substituents is 1. The Bertz CT molecular complexity index is 662. The molecule has 1 amide bonds. The average Bonchev–Trinajstić information content (AvgIpc) is 2.55. The SMILES string of the molecule is CC(C)COc1ccc(C(=O)N/N=C/c2ccc(O)cc2)cc1. The van der Waals surface area contributed by atoms with Gasteiger partial charge in [-0.3, -0.25) is 4.79 Å². The van der Waals surface area contributed by atoms with Gasteiger partial charge in [-0.25, -0.2) is 5.43 Å². The average molecular weight is 312 g/mol. The van der Waals surface area contributed by atoms with E-state index in [1.807, 2.05) is 0 Å². The monoisotopic (exact) mass is 312 g/mol. The summed E-state index contributed by atoms with van der Waals surface area (Å²) < 4.78 is 5.57. The summed E-state index contributed by atoms with van der Waals surface area (Å²) in [5, 5.41) is 13.1. The van der Waals surface area contributed by atoms with E-state index in [2.05, 4.69) is 24.4 Å². The van der Waals surface area contributed by atoms with E-state index in [9.17, 15) is 9.90 Å².